The van der Waals surface area contributed by atoms with Gasteiger partial charge in [0, 0.05) is 6.54 Å². The molecule has 90 valence electrons. The van der Waals surface area contributed by atoms with Gasteiger partial charge in [0.1, 0.15) is 0 Å². The minimum Gasteiger partial charge on any atom is -0.374 e. The van der Waals surface area contributed by atoms with Crippen LogP contribution in [0.15, 0.2) is 0 Å². The fourth-order valence-corrected chi connectivity index (χ4v) is 2.24. The first-order valence-corrected chi connectivity index (χ1v) is 6.73. The smallest absolute Gasteiger partial charge is 0.0700 e. The maximum absolute atomic E-state index is 6.16. The van der Waals surface area contributed by atoms with Crippen molar-refractivity contribution in [3.8, 4) is 0 Å². The number of hydrogen-bond donors (Lipinski definition) is 1. The summed E-state index contributed by atoms with van der Waals surface area (Å²) >= 11 is 0. The van der Waals surface area contributed by atoms with Crippen molar-refractivity contribution in [2.75, 3.05) is 13.1 Å². The standard InChI is InChI=1S/C13H27NO/c1-3-12(11-14-4-2)15-13-9-7-5-6-8-10-13/h12-14H,3-11H2,1-2H3. The highest BCUT2D eigenvalue weighted by Crippen LogP contribution is 2.21. The van der Waals surface area contributed by atoms with Crippen LogP contribution in [0.2, 0.25) is 0 Å². The first kappa shape index (κ1) is 13.0. The molecule has 15 heavy (non-hydrogen) atoms. The molecule has 0 aromatic heterocycles. The summed E-state index contributed by atoms with van der Waals surface area (Å²) in [7, 11) is 0. The fraction of sp³-hybridized carbons (Fsp3) is 1.00. The van der Waals surface area contributed by atoms with Crippen molar-refractivity contribution in [2.24, 2.45) is 0 Å². The van der Waals surface area contributed by atoms with Gasteiger partial charge in [0.2, 0.25) is 0 Å². The predicted molar refractivity (Wildman–Crippen MR) is 65.2 cm³/mol. The summed E-state index contributed by atoms with van der Waals surface area (Å²) in [4.78, 5) is 0. The van der Waals surface area contributed by atoms with E-state index in [-0.39, 0.29) is 0 Å². The van der Waals surface area contributed by atoms with E-state index in [9.17, 15) is 0 Å². The van der Waals surface area contributed by atoms with E-state index < -0.39 is 0 Å². The highest BCUT2D eigenvalue weighted by atomic mass is 16.5. The molecule has 1 fully saturated rings. The number of ether oxygens (including phenoxy) is 1. The largest absolute Gasteiger partial charge is 0.374 e. The Balaban J connectivity index is 2.22. The van der Waals surface area contributed by atoms with E-state index in [4.69, 9.17) is 4.74 Å². The van der Waals surface area contributed by atoms with Gasteiger partial charge >= 0.3 is 0 Å². The molecule has 2 heteroatoms. The minimum atomic E-state index is 0.424. The van der Waals surface area contributed by atoms with Crippen LogP contribution in [0.4, 0.5) is 0 Å². The quantitative estimate of drug-likeness (QED) is 0.685. The topological polar surface area (TPSA) is 21.3 Å². The summed E-state index contributed by atoms with van der Waals surface area (Å²) in [5.41, 5.74) is 0. The maximum Gasteiger partial charge on any atom is 0.0700 e. The monoisotopic (exact) mass is 213 g/mol. The molecule has 0 aromatic rings. The van der Waals surface area contributed by atoms with Gasteiger partial charge in [-0.2, -0.15) is 0 Å². The highest BCUT2D eigenvalue weighted by Gasteiger charge is 2.16. The lowest BCUT2D eigenvalue weighted by atomic mass is 10.1. The molecule has 1 N–H and O–H groups in total. The van der Waals surface area contributed by atoms with Gasteiger partial charge in [0.15, 0.2) is 0 Å². The Bertz CT molecular complexity index is 141. The molecule has 0 aliphatic heterocycles. The second kappa shape index (κ2) is 8.12. The van der Waals surface area contributed by atoms with E-state index in [0.717, 1.165) is 19.5 Å². The summed E-state index contributed by atoms with van der Waals surface area (Å²) in [6, 6.07) is 0. The zero-order chi connectivity index (χ0) is 10.9. The lowest BCUT2D eigenvalue weighted by Gasteiger charge is -2.23. The lowest BCUT2D eigenvalue weighted by Crippen LogP contribution is -2.32. The van der Waals surface area contributed by atoms with E-state index in [1.807, 2.05) is 0 Å². The second-order valence-corrected chi connectivity index (χ2v) is 4.59. The molecule has 1 saturated carbocycles. The SMILES string of the molecule is CCNCC(CC)OC1CCCCCC1. The molecule has 0 bridgehead atoms. The van der Waals surface area contributed by atoms with Gasteiger partial charge in [-0.15, -0.1) is 0 Å². The minimum absolute atomic E-state index is 0.424. The zero-order valence-corrected chi connectivity index (χ0v) is 10.4. The Hall–Kier alpha value is -0.0800. The number of nitrogens with one attached hydrogen (secondary N) is 1. The normalized spacial score (nSPS) is 21.2. The Kier molecular flexibility index (Phi) is 7.03. The van der Waals surface area contributed by atoms with Crippen molar-refractivity contribution >= 4 is 0 Å². The Morgan fingerprint density at radius 1 is 1.13 bits per heavy atom. The molecule has 1 rings (SSSR count). The maximum atomic E-state index is 6.16. The molecule has 1 aliphatic carbocycles. The van der Waals surface area contributed by atoms with Crippen LogP contribution in [0, 0.1) is 0 Å². The van der Waals surface area contributed by atoms with E-state index in [2.05, 4.69) is 19.2 Å². The van der Waals surface area contributed by atoms with Gasteiger partial charge in [-0.1, -0.05) is 39.5 Å². The molecule has 0 radical (unpaired) electrons. The van der Waals surface area contributed by atoms with Crippen molar-refractivity contribution in [1.82, 2.24) is 5.32 Å². The molecule has 0 aromatic carbocycles. The molecule has 0 spiro atoms. The van der Waals surface area contributed by atoms with E-state index >= 15 is 0 Å². The van der Waals surface area contributed by atoms with Gasteiger partial charge in [-0.05, 0) is 25.8 Å². The van der Waals surface area contributed by atoms with E-state index in [1.54, 1.807) is 0 Å². The van der Waals surface area contributed by atoms with E-state index in [1.165, 1.54) is 38.5 Å². The number of rotatable bonds is 6. The van der Waals surface area contributed by atoms with Gasteiger partial charge in [-0.3, -0.25) is 0 Å². The first-order valence-electron chi connectivity index (χ1n) is 6.73. The van der Waals surface area contributed by atoms with Crippen LogP contribution >= 0.6 is 0 Å². The second-order valence-electron chi connectivity index (χ2n) is 4.59. The molecule has 0 heterocycles. The van der Waals surface area contributed by atoms with Crippen LogP contribution < -0.4 is 5.32 Å². The third-order valence-electron chi connectivity index (χ3n) is 3.26. The fourth-order valence-electron chi connectivity index (χ4n) is 2.24. The summed E-state index contributed by atoms with van der Waals surface area (Å²) in [6.07, 6.45) is 10.2. The molecule has 1 atom stereocenters. The summed E-state index contributed by atoms with van der Waals surface area (Å²) in [6.45, 7) is 6.44. The van der Waals surface area contributed by atoms with Crippen molar-refractivity contribution in [1.29, 1.82) is 0 Å². The highest BCUT2D eigenvalue weighted by molar-refractivity contribution is 4.68. The van der Waals surface area contributed by atoms with Crippen molar-refractivity contribution < 1.29 is 4.74 Å². The van der Waals surface area contributed by atoms with Crippen molar-refractivity contribution in [3.63, 3.8) is 0 Å². The van der Waals surface area contributed by atoms with Crippen LogP contribution in [-0.2, 0) is 4.74 Å². The average Bonchev–Trinajstić information content (AvgIpc) is 2.52. The molecule has 2 nitrogen and oxygen atoms in total. The van der Waals surface area contributed by atoms with Gasteiger partial charge in [-0.25, -0.2) is 0 Å². The third-order valence-corrected chi connectivity index (χ3v) is 3.26. The van der Waals surface area contributed by atoms with E-state index in [0.29, 0.717) is 12.2 Å². The molecule has 1 unspecified atom stereocenters. The van der Waals surface area contributed by atoms with Gasteiger partial charge in [0.05, 0.1) is 12.2 Å². The van der Waals surface area contributed by atoms with Crippen LogP contribution in [0.5, 0.6) is 0 Å². The van der Waals surface area contributed by atoms with Crippen LogP contribution in [0.3, 0.4) is 0 Å². The molecular formula is C13H27NO. The predicted octanol–water partition coefficient (Wildman–Crippen LogP) is 3.11. The summed E-state index contributed by atoms with van der Waals surface area (Å²) < 4.78 is 6.16. The Labute approximate surface area is 94.8 Å². The third kappa shape index (κ3) is 5.53. The van der Waals surface area contributed by atoms with Gasteiger partial charge in [0.25, 0.3) is 0 Å². The van der Waals surface area contributed by atoms with Crippen LogP contribution in [-0.4, -0.2) is 25.3 Å². The van der Waals surface area contributed by atoms with Gasteiger partial charge < -0.3 is 10.1 Å². The number of hydrogen-bond acceptors (Lipinski definition) is 2. The summed E-state index contributed by atoms with van der Waals surface area (Å²) in [5, 5.41) is 3.38. The molecule has 0 amide bonds. The van der Waals surface area contributed by atoms with Crippen molar-refractivity contribution in [2.45, 2.75) is 71.0 Å². The summed E-state index contributed by atoms with van der Waals surface area (Å²) in [5.74, 6) is 0. The average molecular weight is 213 g/mol. The molecule has 0 saturated heterocycles. The zero-order valence-electron chi connectivity index (χ0n) is 10.4. The van der Waals surface area contributed by atoms with Crippen molar-refractivity contribution in [3.05, 3.63) is 0 Å². The van der Waals surface area contributed by atoms with Crippen LogP contribution in [0.25, 0.3) is 0 Å². The first-order chi connectivity index (χ1) is 7.36. The molecular weight excluding hydrogens is 186 g/mol. The number of likely N-dealkylation sites (N-methyl/N-ethyl adjacent to an activating group) is 1. The Morgan fingerprint density at radius 2 is 1.80 bits per heavy atom. The molecule has 1 aliphatic rings. The lowest BCUT2D eigenvalue weighted by molar-refractivity contribution is -0.0197. The Morgan fingerprint density at radius 3 is 2.33 bits per heavy atom. The van der Waals surface area contributed by atoms with Crippen LogP contribution in [0.1, 0.15) is 58.8 Å².